The van der Waals surface area contributed by atoms with E-state index in [-0.39, 0.29) is 0 Å². The van der Waals surface area contributed by atoms with Gasteiger partial charge in [-0.05, 0) is 74.5 Å². The van der Waals surface area contributed by atoms with Crippen LogP contribution in [0.25, 0.3) is 0 Å². The molecule has 3 aliphatic heterocycles. The molecule has 0 aliphatic carbocycles. The molecule has 36 heavy (non-hydrogen) atoms. The minimum atomic E-state index is -0.787. The van der Waals surface area contributed by atoms with E-state index >= 15 is 0 Å². The molecule has 3 fully saturated rings. The van der Waals surface area contributed by atoms with Crippen molar-refractivity contribution in [3.63, 3.8) is 0 Å². The molecule has 3 aliphatic rings. The third-order valence-electron chi connectivity index (χ3n) is 8.26. The van der Waals surface area contributed by atoms with Gasteiger partial charge in [-0.15, -0.1) is 0 Å². The highest BCUT2D eigenvalue weighted by Gasteiger charge is 2.46. The lowest BCUT2D eigenvalue weighted by Gasteiger charge is -2.54. The molecule has 5 heteroatoms. The number of nitrogens with one attached hydrogen (secondary N) is 1. The van der Waals surface area contributed by atoms with E-state index in [9.17, 15) is 5.26 Å². The van der Waals surface area contributed by atoms with Gasteiger partial charge in [-0.2, -0.15) is 0 Å². The summed E-state index contributed by atoms with van der Waals surface area (Å²) >= 11 is 0. The van der Waals surface area contributed by atoms with E-state index in [1.54, 1.807) is 7.11 Å². The summed E-state index contributed by atoms with van der Waals surface area (Å²) in [4.78, 5) is 7.47. The Morgan fingerprint density at radius 2 is 1.56 bits per heavy atom. The maximum absolute atomic E-state index is 9.43. The van der Waals surface area contributed by atoms with Crippen LogP contribution < -0.4 is 10.1 Å². The topological polar surface area (TPSA) is 54.0 Å². The second kappa shape index (κ2) is 10.7. The van der Waals surface area contributed by atoms with Crippen molar-refractivity contribution in [2.45, 2.75) is 56.8 Å². The summed E-state index contributed by atoms with van der Waals surface area (Å²) in [6, 6.07) is 28.7. The molecule has 0 aromatic heterocycles. The molecule has 6 rings (SSSR count). The normalized spacial score (nSPS) is 23.7. The number of hydrogen-bond donors (Lipinski definition) is 2. The lowest BCUT2D eigenvalue weighted by atomic mass is 9.70. The molecule has 0 amide bonds. The highest BCUT2D eigenvalue weighted by atomic mass is 17.1. The van der Waals surface area contributed by atoms with Gasteiger partial charge in [0.25, 0.3) is 0 Å². The minimum Gasteiger partial charge on any atom is -0.496 e. The van der Waals surface area contributed by atoms with Crippen LogP contribution in [0.2, 0.25) is 0 Å². The van der Waals surface area contributed by atoms with Crippen molar-refractivity contribution in [2.24, 2.45) is 5.92 Å². The molecule has 3 heterocycles. The first kappa shape index (κ1) is 25.0. The molecule has 2 atom stereocenters. The molecule has 0 spiro atoms. The summed E-state index contributed by atoms with van der Waals surface area (Å²) in [7, 11) is 1.71. The number of rotatable bonds is 9. The average molecular weight is 487 g/mol. The number of methoxy groups -OCH3 is 1. The largest absolute Gasteiger partial charge is 0.496 e. The molecule has 2 N–H and O–H groups in total. The van der Waals surface area contributed by atoms with Gasteiger partial charge < -0.3 is 10.1 Å². The summed E-state index contributed by atoms with van der Waals surface area (Å²) < 4.78 is 5.71. The SMILES string of the molecule is COc1ccc(C(C)(C)OO)cc1CN[C@@H]1C2CCN(CC2)C1C(c1ccccc1)c1ccccc1. The molecule has 3 aromatic rings. The molecule has 0 radical (unpaired) electrons. The highest BCUT2D eigenvalue weighted by Crippen LogP contribution is 2.42. The van der Waals surface area contributed by atoms with Gasteiger partial charge >= 0.3 is 0 Å². The Morgan fingerprint density at radius 1 is 0.944 bits per heavy atom. The van der Waals surface area contributed by atoms with Crippen molar-refractivity contribution in [2.75, 3.05) is 20.2 Å². The van der Waals surface area contributed by atoms with Crippen LogP contribution >= 0.6 is 0 Å². The van der Waals surface area contributed by atoms with E-state index in [2.05, 4.69) is 76.9 Å². The molecule has 2 bridgehead atoms. The molecule has 0 saturated carbocycles. The number of piperidine rings is 3. The fourth-order valence-corrected chi connectivity index (χ4v) is 6.27. The smallest absolute Gasteiger partial charge is 0.123 e. The second-order valence-electron chi connectivity index (χ2n) is 10.7. The van der Waals surface area contributed by atoms with E-state index < -0.39 is 5.60 Å². The van der Waals surface area contributed by atoms with E-state index in [0.29, 0.717) is 30.5 Å². The van der Waals surface area contributed by atoms with E-state index in [0.717, 1.165) is 30.0 Å². The van der Waals surface area contributed by atoms with Gasteiger partial charge in [0.05, 0.1) is 7.11 Å². The number of fused-ring (bicyclic) bond motifs is 3. The molecule has 3 saturated heterocycles. The van der Waals surface area contributed by atoms with E-state index in [1.807, 2.05) is 26.0 Å². The van der Waals surface area contributed by atoms with Crippen LogP contribution in [0.4, 0.5) is 0 Å². The summed E-state index contributed by atoms with van der Waals surface area (Å²) in [6.07, 6.45) is 2.46. The molecular formula is C31H38N2O3. The predicted molar refractivity (Wildman–Crippen MR) is 143 cm³/mol. The van der Waals surface area contributed by atoms with Gasteiger partial charge in [0.15, 0.2) is 0 Å². The van der Waals surface area contributed by atoms with Crippen LogP contribution in [0.1, 0.15) is 54.9 Å². The van der Waals surface area contributed by atoms with Crippen molar-refractivity contribution in [3.8, 4) is 5.75 Å². The fourth-order valence-electron chi connectivity index (χ4n) is 6.27. The van der Waals surface area contributed by atoms with Crippen molar-refractivity contribution < 1.29 is 14.9 Å². The molecular weight excluding hydrogens is 448 g/mol. The zero-order valence-corrected chi connectivity index (χ0v) is 21.6. The van der Waals surface area contributed by atoms with Crippen LogP contribution in [-0.2, 0) is 17.0 Å². The van der Waals surface area contributed by atoms with Gasteiger partial charge in [0.2, 0.25) is 0 Å². The number of ether oxygens (including phenoxy) is 1. The van der Waals surface area contributed by atoms with Crippen LogP contribution in [0, 0.1) is 5.92 Å². The average Bonchev–Trinajstić information content (AvgIpc) is 2.94. The Kier molecular flexibility index (Phi) is 7.44. The van der Waals surface area contributed by atoms with Crippen LogP contribution in [-0.4, -0.2) is 42.4 Å². The maximum Gasteiger partial charge on any atom is 0.123 e. The monoisotopic (exact) mass is 486 g/mol. The van der Waals surface area contributed by atoms with Crippen LogP contribution in [0.5, 0.6) is 5.75 Å². The Balaban J connectivity index is 1.48. The summed E-state index contributed by atoms with van der Waals surface area (Å²) in [5, 5.41) is 13.4. The second-order valence-corrected chi connectivity index (χ2v) is 10.7. The standard InChI is InChI=1S/C31H38N2O3/c1-31(2,36-34)26-14-15-27(35-3)25(20-26)21-32-29-24-16-18-33(19-17-24)30(29)28(22-10-6-4-7-11-22)23-12-8-5-9-13-23/h4-15,20,24,28-30,32,34H,16-19,21H2,1-3H3/t29-,30?/m1/s1. The molecule has 5 nitrogen and oxygen atoms in total. The van der Waals surface area contributed by atoms with Crippen molar-refractivity contribution in [1.29, 1.82) is 0 Å². The fraction of sp³-hybridized carbons (Fsp3) is 0.419. The minimum absolute atomic E-state index is 0.294. The van der Waals surface area contributed by atoms with E-state index in [1.165, 1.54) is 24.0 Å². The first-order valence-electron chi connectivity index (χ1n) is 13.1. The predicted octanol–water partition coefficient (Wildman–Crippen LogP) is 5.80. The number of benzene rings is 3. The van der Waals surface area contributed by atoms with E-state index in [4.69, 9.17) is 9.62 Å². The van der Waals surface area contributed by atoms with Crippen molar-refractivity contribution in [1.82, 2.24) is 10.2 Å². The van der Waals surface area contributed by atoms with Gasteiger partial charge in [-0.1, -0.05) is 66.7 Å². The zero-order chi connectivity index (χ0) is 25.1. The van der Waals surface area contributed by atoms with Crippen molar-refractivity contribution >= 4 is 0 Å². The Morgan fingerprint density at radius 3 is 2.11 bits per heavy atom. The Bertz CT molecular complexity index is 1090. The summed E-state index contributed by atoms with van der Waals surface area (Å²) in [5.74, 6) is 1.78. The molecule has 1 unspecified atom stereocenters. The Hall–Kier alpha value is -2.70. The first-order chi connectivity index (χ1) is 17.5. The third kappa shape index (κ3) is 4.94. The molecule has 190 valence electrons. The zero-order valence-electron chi connectivity index (χ0n) is 21.6. The lowest BCUT2D eigenvalue weighted by molar-refractivity contribution is -0.318. The maximum atomic E-state index is 9.43. The summed E-state index contributed by atoms with van der Waals surface area (Å²) in [6.45, 7) is 6.73. The highest BCUT2D eigenvalue weighted by molar-refractivity contribution is 5.40. The van der Waals surface area contributed by atoms with Gasteiger partial charge in [0, 0.05) is 30.1 Å². The molecule has 3 aromatic carbocycles. The Labute approximate surface area is 215 Å². The van der Waals surface area contributed by atoms with Crippen LogP contribution in [0.15, 0.2) is 78.9 Å². The van der Waals surface area contributed by atoms with Gasteiger partial charge in [0.1, 0.15) is 11.4 Å². The van der Waals surface area contributed by atoms with Crippen LogP contribution in [0.3, 0.4) is 0 Å². The summed E-state index contributed by atoms with van der Waals surface area (Å²) in [5.41, 5.74) is 3.94. The first-order valence-corrected chi connectivity index (χ1v) is 13.1. The van der Waals surface area contributed by atoms with Crippen molar-refractivity contribution in [3.05, 3.63) is 101 Å². The van der Waals surface area contributed by atoms with Gasteiger partial charge in [-0.3, -0.25) is 10.2 Å². The number of hydrogen-bond acceptors (Lipinski definition) is 5. The third-order valence-corrected chi connectivity index (χ3v) is 8.26. The van der Waals surface area contributed by atoms with Gasteiger partial charge in [-0.25, -0.2) is 4.89 Å². The lowest BCUT2D eigenvalue weighted by Crippen LogP contribution is -2.64. The quantitative estimate of drug-likeness (QED) is 0.296. The number of nitrogens with zero attached hydrogens (tertiary/aromatic N) is 1.